The topological polar surface area (TPSA) is 41.0 Å². The molecule has 0 aliphatic carbocycles. The van der Waals surface area contributed by atoms with E-state index in [0.717, 1.165) is 25.6 Å². The van der Waals surface area contributed by atoms with Gasteiger partial charge >= 0.3 is 6.18 Å². The Kier molecular flexibility index (Phi) is 3.19. The Morgan fingerprint density at radius 3 is 2.59 bits per heavy atom. The van der Waals surface area contributed by atoms with Gasteiger partial charge in [-0.3, -0.25) is 0 Å². The zero-order valence-electron chi connectivity index (χ0n) is 9.33. The first-order valence-corrected chi connectivity index (χ1v) is 5.31. The molecular formula is C10H13F3N4. The summed E-state index contributed by atoms with van der Waals surface area (Å²) in [5.41, 5.74) is -0.966. The Labute approximate surface area is 96.8 Å². The Balaban J connectivity index is 1.99. The number of halogens is 3. The molecule has 0 radical (unpaired) electrons. The maximum absolute atomic E-state index is 12.2. The number of hydrogen-bond donors (Lipinski definition) is 1. The van der Waals surface area contributed by atoms with Crippen molar-refractivity contribution in [3.8, 4) is 0 Å². The summed E-state index contributed by atoms with van der Waals surface area (Å²) in [5, 5.41) is 9.76. The van der Waals surface area contributed by atoms with Crippen molar-refractivity contribution < 1.29 is 13.2 Å². The fourth-order valence-electron chi connectivity index (χ4n) is 1.82. The van der Waals surface area contributed by atoms with Gasteiger partial charge in [0.05, 0.1) is 0 Å². The third kappa shape index (κ3) is 3.06. The van der Waals surface area contributed by atoms with Crippen LogP contribution in [0.5, 0.6) is 0 Å². The average Bonchev–Trinajstić information content (AvgIpc) is 2.63. The molecule has 1 unspecified atom stereocenters. The fraction of sp³-hybridized carbons (Fsp3) is 0.600. The third-order valence-corrected chi connectivity index (χ3v) is 2.70. The minimum absolute atomic E-state index is 0.228. The SMILES string of the molecule is CN1CCC(Nc2ccc(C(F)(F)F)nn2)C1. The summed E-state index contributed by atoms with van der Waals surface area (Å²) in [5.74, 6) is 0.387. The number of nitrogens with one attached hydrogen (secondary N) is 1. The van der Waals surface area contributed by atoms with Gasteiger partial charge in [0.15, 0.2) is 5.69 Å². The Hall–Kier alpha value is -1.37. The van der Waals surface area contributed by atoms with Crippen LogP contribution in [0.2, 0.25) is 0 Å². The summed E-state index contributed by atoms with van der Waals surface area (Å²) in [4.78, 5) is 2.15. The van der Waals surface area contributed by atoms with E-state index in [-0.39, 0.29) is 6.04 Å². The molecule has 0 amide bonds. The van der Waals surface area contributed by atoms with Crippen molar-refractivity contribution in [1.82, 2.24) is 15.1 Å². The predicted octanol–water partition coefficient (Wildman–Crippen LogP) is 1.61. The van der Waals surface area contributed by atoms with Crippen molar-refractivity contribution >= 4 is 5.82 Å². The number of likely N-dealkylation sites (N-methyl/N-ethyl adjacent to an activating group) is 1. The van der Waals surface area contributed by atoms with Gasteiger partial charge in [-0.15, -0.1) is 10.2 Å². The first-order valence-electron chi connectivity index (χ1n) is 5.31. The molecule has 1 fully saturated rings. The maximum atomic E-state index is 12.2. The van der Waals surface area contributed by atoms with E-state index >= 15 is 0 Å². The van der Waals surface area contributed by atoms with Crippen molar-refractivity contribution in [2.24, 2.45) is 0 Å². The molecular weight excluding hydrogens is 233 g/mol. The molecule has 2 rings (SSSR count). The first-order chi connectivity index (χ1) is 7.95. The number of anilines is 1. The van der Waals surface area contributed by atoms with E-state index in [0.29, 0.717) is 5.82 Å². The lowest BCUT2D eigenvalue weighted by Crippen LogP contribution is -2.24. The van der Waals surface area contributed by atoms with E-state index in [9.17, 15) is 13.2 Å². The van der Waals surface area contributed by atoms with Crippen molar-refractivity contribution in [2.75, 3.05) is 25.5 Å². The van der Waals surface area contributed by atoms with E-state index < -0.39 is 11.9 Å². The van der Waals surface area contributed by atoms with Crippen molar-refractivity contribution in [2.45, 2.75) is 18.6 Å². The van der Waals surface area contributed by atoms with Gasteiger partial charge in [-0.05, 0) is 32.1 Å². The maximum Gasteiger partial charge on any atom is 0.435 e. The van der Waals surface area contributed by atoms with E-state index in [2.05, 4.69) is 20.4 Å². The molecule has 1 aromatic rings. The first kappa shape index (κ1) is 12.1. The Morgan fingerprint density at radius 2 is 2.12 bits per heavy atom. The van der Waals surface area contributed by atoms with Crippen LogP contribution in [-0.4, -0.2) is 41.3 Å². The van der Waals surface area contributed by atoms with Gasteiger partial charge in [-0.2, -0.15) is 13.2 Å². The second kappa shape index (κ2) is 4.48. The molecule has 17 heavy (non-hydrogen) atoms. The van der Waals surface area contributed by atoms with Gasteiger partial charge in [-0.1, -0.05) is 0 Å². The van der Waals surface area contributed by atoms with Crippen LogP contribution in [0.15, 0.2) is 12.1 Å². The molecule has 1 aromatic heterocycles. The van der Waals surface area contributed by atoms with Crippen LogP contribution in [0.1, 0.15) is 12.1 Å². The highest BCUT2D eigenvalue weighted by Gasteiger charge is 2.33. The summed E-state index contributed by atoms with van der Waals surface area (Å²) in [7, 11) is 2.00. The molecule has 1 atom stereocenters. The molecule has 0 spiro atoms. The number of aromatic nitrogens is 2. The van der Waals surface area contributed by atoms with Gasteiger partial charge in [0, 0.05) is 12.6 Å². The molecule has 7 heteroatoms. The monoisotopic (exact) mass is 246 g/mol. The molecule has 1 saturated heterocycles. The van der Waals surface area contributed by atoms with Crippen LogP contribution in [0.4, 0.5) is 19.0 Å². The minimum Gasteiger partial charge on any atom is -0.365 e. The van der Waals surface area contributed by atoms with Gasteiger partial charge in [0.25, 0.3) is 0 Å². The summed E-state index contributed by atoms with van der Waals surface area (Å²) in [6.45, 7) is 1.84. The van der Waals surface area contributed by atoms with Crippen molar-refractivity contribution in [3.63, 3.8) is 0 Å². The molecule has 4 nitrogen and oxygen atoms in total. The Bertz CT molecular complexity index is 376. The molecule has 1 N–H and O–H groups in total. The lowest BCUT2D eigenvalue weighted by atomic mass is 10.2. The molecule has 1 aliphatic rings. The van der Waals surface area contributed by atoms with Crippen LogP contribution in [0.3, 0.4) is 0 Å². The van der Waals surface area contributed by atoms with Crippen molar-refractivity contribution in [3.05, 3.63) is 17.8 Å². The lowest BCUT2D eigenvalue weighted by molar-refractivity contribution is -0.141. The van der Waals surface area contributed by atoms with Gasteiger partial charge < -0.3 is 10.2 Å². The van der Waals surface area contributed by atoms with Crippen LogP contribution >= 0.6 is 0 Å². The number of likely N-dealkylation sites (tertiary alicyclic amines) is 1. The fourth-order valence-corrected chi connectivity index (χ4v) is 1.82. The number of rotatable bonds is 2. The number of hydrogen-bond acceptors (Lipinski definition) is 4. The highest BCUT2D eigenvalue weighted by molar-refractivity contribution is 5.35. The van der Waals surface area contributed by atoms with Gasteiger partial charge in [0.2, 0.25) is 0 Å². The van der Waals surface area contributed by atoms with Gasteiger partial charge in [-0.25, -0.2) is 0 Å². The summed E-state index contributed by atoms with van der Waals surface area (Å²) in [6, 6.07) is 2.48. The van der Waals surface area contributed by atoms with Crippen LogP contribution in [0.25, 0.3) is 0 Å². The van der Waals surface area contributed by atoms with E-state index in [4.69, 9.17) is 0 Å². The van der Waals surface area contributed by atoms with E-state index in [1.807, 2.05) is 7.05 Å². The van der Waals surface area contributed by atoms with Crippen LogP contribution in [0, 0.1) is 0 Å². The zero-order valence-corrected chi connectivity index (χ0v) is 9.33. The predicted molar refractivity (Wildman–Crippen MR) is 56.6 cm³/mol. The quantitative estimate of drug-likeness (QED) is 0.860. The standard InChI is InChI=1S/C10H13F3N4/c1-17-5-4-7(6-17)14-9-3-2-8(15-16-9)10(11,12)13/h2-3,7H,4-6H2,1H3,(H,14,16). The van der Waals surface area contributed by atoms with Crippen LogP contribution < -0.4 is 5.32 Å². The molecule has 0 aromatic carbocycles. The highest BCUT2D eigenvalue weighted by atomic mass is 19.4. The second-order valence-corrected chi connectivity index (χ2v) is 4.19. The minimum atomic E-state index is -4.43. The van der Waals surface area contributed by atoms with Crippen molar-refractivity contribution in [1.29, 1.82) is 0 Å². The summed E-state index contributed by atoms with van der Waals surface area (Å²) < 4.78 is 36.7. The molecule has 2 heterocycles. The number of nitrogens with zero attached hydrogens (tertiary/aromatic N) is 3. The molecule has 94 valence electrons. The normalized spacial score (nSPS) is 21.8. The molecule has 0 saturated carbocycles. The summed E-state index contributed by atoms with van der Waals surface area (Å²) >= 11 is 0. The smallest absolute Gasteiger partial charge is 0.365 e. The van der Waals surface area contributed by atoms with Crippen LogP contribution in [-0.2, 0) is 6.18 Å². The second-order valence-electron chi connectivity index (χ2n) is 4.19. The summed E-state index contributed by atoms with van der Waals surface area (Å²) in [6.07, 6.45) is -3.47. The largest absolute Gasteiger partial charge is 0.435 e. The number of alkyl halides is 3. The zero-order chi connectivity index (χ0) is 12.5. The molecule has 1 aliphatic heterocycles. The Morgan fingerprint density at radius 1 is 1.35 bits per heavy atom. The average molecular weight is 246 g/mol. The van der Waals surface area contributed by atoms with Gasteiger partial charge in [0.1, 0.15) is 5.82 Å². The van der Waals surface area contributed by atoms with E-state index in [1.54, 1.807) is 0 Å². The lowest BCUT2D eigenvalue weighted by Gasteiger charge is -2.13. The highest BCUT2D eigenvalue weighted by Crippen LogP contribution is 2.27. The van der Waals surface area contributed by atoms with E-state index in [1.165, 1.54) is 6.07 Å². The third-order valence-electron chi connectivity index (χ3n) is 2.70. The molecule has 0 bridgehead atoms.